The molecule has 1 amide bonds. The number of hydrogen-bond acceptors (Lipinski definition) is 3. The SMILES string of the molecule is CC(C)(C)OC(=O)N1CC[C@]2(CC[C@H]2C(=O)O)C1. The monoisotopic (exact) mass is 255 g/mol. The fraction of sp³-hybridized carbons (Fsp3) is 0.846. The first-order valence-electron chi connectivity index (χ1n) is 6.44. The Morgan fingerprint density at radius 2 is 2.00 bits per heavy atom. The number of likely N-dealkylation sites (tertiary alicyclic amines) is 1. The van der Waals surface area contributed by atoms with Crippen LogP contribution in [-0.2, 0) is 9.53 Å². The molecule has 5 nitrogen and oxygen atoms in total. The number of hydrogen-bond donors (Lipinski definition) is 1. The van der Waals surface area contributed by atoms with Gasteiger partial charge in [0, 0.05) is 18.5 Å². The smallest absolute Gasteiger partial charge is 0.410 e. The highest BCUT2D eigenvalue weighted by Crippen LogP contribution is 2.53. The van der Waals surface area contributed by atoms with Gasteiger partial charge in [-0.15, -0.1) is 0 Å². The number of ether oxygens (including phenoxy) is 1. The summed E-state index contributed by atoms with van der Waals surface area (Å²) in [4.78, 5) is 24.7. The Balaban J connectivity index is 1.97. The molecule has 0 radical (unpaired) electrons. The van der Waals surface area contributed by atoms with Gasteiger partial charge < -0.3 is 14.7 Å². The third-order valence-corrected chi connectivity index (χ3v) is 4.01. The molecule has 2 aliphatic rings. The molecule has 0 unspecified atom stereocenters. The largest absolute Gasteiger partial charge is 0.481 e. The Labute approximate surface area is 107 Å². The third-order valence-electron chi connectivity index (χ3n) is 4.01. The van der Waals surface area contributed by atoms with Crippen molar-refractivity contribution in [2.75, 3.05) is 13.1 Å². The number of aliphatic carboxylic acids is 1. The minimum Gasteiger partial charge on any atom is -0.481 e. The Kier molecular flexibility index (Phi) is 3.03. The highest BCUT2D eigenvalue weighted by molar-refractivity contribution is 5.73. The molecule has 18 heavy (non-hydrogen) atoms. The molecule has 2 rings (SSSR count). The number of amides is 1. The molecular weight excluding hydrogens is 234 g/mol. The van der Waals surface area contributed by atoms with E-state index in [1.54, 1.807) is 4.90 Å². The van der Waals surface area contributed by atoms with Gasteiger partial charge in [-0.25, -0.2) is 4.79 Å². The summed E-state index contributed by atoms with van der Waals surface area (Å²) in [5.74, 6) is -1.02. The molecule has 0 aromatic rings. The molecule has 1 N–H and O–H groups in total. The second kappa shape index (κ2) is 4.14. The van der Waals surface area contributed by atoms with Crippen molar-refractivity contribution in [3.63, 3.8) is 0 Å². The highest BCUT2D eigenvalue weighted by atomic mass is 16.6. The van der Waals surface area contributed by atoms with Crippen LogP contribution >= 0.6 is 0 Å². The molecule has 2 fully saturated rings. The van der Waals surface area contributed by atoms with Gasteiger partial charge in [0.2, 0.25) is 0 Å². The first-order valence-corrected chi connectivity index (χ1v) is 6.44. The van der Waals surface area contributed by atoms with Crippen molar-refractivity contribution < 1.29 is 19.4 Å². The fourth-order valence-corrected chi connectivity index (χ4v) is 2.95. The van der Waals surface area contributed by atoms with Crippen LogP contribution in [0.1, 0.15) is 40.0 Å². The molecule has 1 spiro atoms. The lowest BCUT2D eigenvalue weighted by Gasteiger charge is -2.44. The lowest BCUT2D eigenvalue weighted by Crippen LogP contribution is -2.47. The standard InChI is InChI=1S/C13H21NO4/c1-12(2,3)18-11(17)14-7-6-13(8-14)5-4-9(13)10(15)16/h9H,4-8H2,1-3H3,(H,15,16)/t9-,13+/m0/s1. The molecular formula is C13H21NO4. The van der Waals surface area contributed by atoms with Gasteiger partial charge in [-0.2, -0.15) is 0 Å². The lowest BCUT2D eigenvalue weighted by atomic mass is 9.59. The topological polar surface area (TPSA) is 66.8 Å². The molecule has 0 aromatic heterocycles. The Hall–Kier alpha value is -1.26. The zero-order chi connectivity index (χ0) is 13.6. The van der Waals surface area contributed by atoms with Gasteiger partial charge in [-0.05, 0) is 40.0 Å². The van der Waals surface area contributed by atoms with E-state index in [1.165, 1.54) is 0 Å². The second-order valence-electron chi connectivity index (χ2n) is 6.44. The number of carboxylic acids is 1. The molecule has 1 aliphatic carbocycles. The van der Waals surface area contributed by atoms with Crippen LogP contribution in [0.2, 0.25) is 0 Å². The summed E-state index contributed by atoms with van der Waals surface area (Å²) in [7, 11) is 0. The molecule has 0 aromatic carbocycles. The quantitative estimate of drug-likeness (QED) is 0.779. The Morgan fingerprint density at radius 3 is 2.44 bits per heavy atom. The highest BCUT2D eigenvalue weighted by Gasteiger charge is 2.55. The Morgan fingerprint density at radius 1 is 1.33 bits per heavy atom. The summed E-state index contributed by atoms with van der Waals surface area (Å²) in [6, 6.07) is 0. The van der Waals surface area contributed by atoms with E-state index in [0.717, 1.165) is 19.3 Å². The summed E-state index contributed by atoms with van der Waals surface area (Å²) in [5.41, 5.74) is -0.693. The van der Waals surface area contributed by atoms with Gasteiger partial charge >= 0.3 is 12.1 Å². The number of rotatable bonds is 1. The number of nitrogens with zero attached hydrogens (tertiary/aromatic N) is 1. The van der Waals surface area contributed by atoms with Crippen LogP contribution < -0.4 is 0 Å². The average molecular weight is 255 g/mol. The second-order valence-corrected chi connectivity index (χ2v) is 6.44. The maximum atomic E-state index is 11.9. The van der Waals surface area contributed by atoms with Crippen LogP contribution in [0, 0.1) is 11.3 Å². The van der Waals surface area contributed by atoms with Crippen molar-refractivity contribution in [1.82, 2.24) is 4.90 Å². The van der Waals surface area contributed by atoms with Gasteiger partial charge in [0.25, 0.3) is 0 Å². The van der Waals surface area contributed by atoms with E-state index < -0.39 is 11.6 Å². The summed E-state index contributed by atoms with van der Waals surface area (Å²) >= 11 is 0. The van der Waals surface area contributed by atoms with E-state index in [4.69, 9.17) is 9.84 Å². The van der Waals surface area contributed by atoms with Crippen molar-refractivity contribution in [3.8, 4) is 0 Å². The van der Waals surface area contributed by atoms with Crippen LogP contribution in [0.5, 0.6) is 0 Å². The van der Waals surface area contributed by atoms with Crippen molar-refractivity contribution in [2.24, 2.45) is 11.3 Å². The maximum absolute atomic E-state index is 11.9. The fourth-order valence-electron chi connectivity index (χ4n) is 2.95. The summed E-state index contributed by atoms with van der Waals surface area (Å²) in [6.45, 7) is 6.64. The third kappa shape index (κ3) is 2.31. The summed E-state index contributed by atoms with van der Waals surface area (Å²) in [5, 5.41) is 9.14. The molecule has 102 valence electrons. The van der Waals surface area contributed by atoms with Crippen LogP contribution in [0.15, 0.2) is 0 Å². The van der Waals surface area contributed by atoms with Crippen molar-refractivity contribution >= 4 is 12.1 Å². The summed E-state index contributed by atoms with van der Waals surface area (Å²) in [6.07, 6.45) is 2.10. The lowest BCUT2D eigenvalue weighted by molar-refractivity contribution is -0.153. The van der Waals surface area contributed by atoms with E-state index in [9.17, 15) is 9.59 Å². The molecule has 1 aliphatic heterocycles. The molecule has 1 saturated heterocycles. The van der Waals surface area contributed by atoms with Gasteiger partial charge in [0.15, 0.2) is 0 Å². The minimum absolute atomic E-state index is 0.192. The normalized spacial score (nSPS) is 31.3. The molecule has 1 heterocycles. The van der Waals surface area contributed by atoms with Crippen molar-refractivity contribution in [1.29, 1.82) is 0 Å². The van der Waals surface area contributed by atoms with Crippen LogP contribution in [0.4, 0.5) is 4.79 Å². The number of carbonyl (C=O) groups is 2. The van der Waals surface area contributed by atoms with Crippen LogP contribution in [0.25, 0.3) is 0 Å². The Bertz CT molecular complexity index is 374. The molecule has 2 atom stereocenters. The van der Waals surface area contributed by atoms with Gasteiger partial charge in [-0.1, -0.05) is 0 Å². The number of carboxylic acid groups (broad SMARTS) is 1. The molecule has 1 saturated carbocycles. The zero-order valence-electron chi connectivity index (χ0n) is 11.2. The van der Waals surface area contributed by atoms with Crippen molar-refractivity contribution in [2.45, 2.75) is 45.6 Å². The van der Waals surface area contributed by atoms with E-state index in [2.05, 4.69) is 0 Å². The minimum atomic E-state index is -0.729. The average Bonchev–Trinajstić information content (AvgIpc) is 2.58. The number of carbonyl (C=O) groups excluding carboxylic acids is 1. The first-order chi connectivity index (χ1) is 8.23. The van der Waals surface area contributed by atoms with E-state index in [1.807, 2.05) is 20.8 Å². The van der Waals surface area contributed by atoms with Crippen LogP contribution in [0.3, 0.4) is 0 Å². The molecule has 5 heteroatoms. The van der Waals surface area contributed by atoms with Gasteiger partial charge in [-0.3, -0.25) is 4.79 Å². The van der Waals surface area contributed by atoms with E-state index >= 15 is 0 Å². The predicted octanol–water partition coefficient (Wildman–Crippen LogP) is 2.11. The van der Waals surface area contributed by atoms with Crippen LogP contribution in [-0.4, -0.2) is 40.8 Å². The molecule has 0 bridgehead atoms. The zero-order valence-corrected chi connectivity index (χ0v) is 11.2. The maximum Gasteiger partial charge on any atom is 0.410 e. The van der Waals surface area contributed by atoms with Crippen molar-refractivity contribution in [3.05, 3.63) is 0 Å². The summed E-state index contributed by atoms with van der Waals surface area (Å²) < 4.78 is 5.32. The van der Waals surface area contributed by atoms with Gasteiger partial charge in [0.1, 0.15) is 5.60 Å². The first kappa shape index (κ1) is 13.2. The van der Waals surface area contributed by atoms with E-state index in [-0.39, 0.29) is 17.4 Å². The predicted molar refractivity (Wildman–Crippen MR) is 65.2 cm³/mol. The van der Waals surface area contributed by atoms with E-state index in [0.29, 0.717) is 13.1 Å². The van der Waals surface area contributed by atoms with Gasteiger partial charge in [0.05, 0.1) is 5.92 Å².